The van der Waals surface area contributed by atoms with Crippen molar-refractivity contribution in [2.45, 2.75) is 25.3 Å². The number of tetrazole rings is 1. The Balaban J connectivity index is 1.72. The summed E-state index contributed by atoms with van der Waals surface area (Å²) in [6, 6.07) is 4.51. The third-order valence-electron chi connectivity index (χ3n) is 2.75. The second kappa shape index (κ2) is 4.31. The molecule has 84 valence electrons. The van der Waals surface area contributed by atoms with Crippen molar-refractivity contribution in [1.29, 1.82) is 0 Å². The highest BCUT2D eigenvalue weighted by Crippen LogP contribution is 2.13. The highest BCUT2D eigenvalue weighted by molar-refractivity contribution is 7.12. The smallest absolute Gasteiger partial charge is 0.176 e. The maximum absolute atomic E-state index is 4.38. The summed E-state index contributed by atoms with van der Waals surface area (Å²) in [7, 11) is 0. The summed E-state index contributed by atoms with van der Waals surface area (Å²) in [4.78, 5) is 1.61. The van der Waals surface area contributed by atoms with Crippen LogP contribution in [0.25, 0.3) is 5.00 Å². The number of nitrogens with one attached hydrogen (secondary N) is 1. The first-order chi connectivity index (χ1) is 7.92. The Morgan fingerprint density at radius 2 is 2.56 bits per heavy atom. The average molecular weight is 235 g/mol. The number of nitrogens with zero attached hydrogens (tertiary/aromatic N) is 4. The molecule has 16 heavy (non-hydrogen) atoms. The predicted octanol–water partition coefficient (Wildman–Crippen LogP) is 1.02. The van der Waals surface area contributed by atoms with Crippen molar-refractivity contribution in [2.24, 2.45) is 0 Å². The Kier molecular flexibility index (Phi) is 2.67. The molecule has 0 radical (unpaired) electrons. The fourth-order valence-corrected chi connectivity index (χ4v) is 2.58. The van der Waals surface area contributed by atoms with Crippen molar-refractivity contribution in [3.63, 3.8) is 0 Å². The summed E-state index contributed by atoms with van der Waals surface area (Å²) in [5.74, 6) is 0.827. The van der Waals surface area contributed by atoms with E-state index in [9.17, 15) is 0 Å². The van der Waals surface area contributed by atoms with Crippen molar-refractivity contribution in [3.8, 4) is 5.00 Å². The number of aromatic nitrogens is 4. The molecule has 0 saturated carbocycles. The van der Waals surface area contributed by atoms with Crippen molar-refractivity contribution in [1.82, 2.24) is 25.5 Å². The van der Waals surface area contributed by atoms with Crippen molar-refractivity contribution >= 4 is 11.3 Å². The zero-order valence-corrected chi connectivity index (χ0v) is 9.65. The fourth-order valence-electron chi connectivity index (χ4n) is 1.95. The lowest BCUT2D eigenvalue weighted by molar-refractivity contribution is 0.584. The first kappa shape index (κ1) is 9.92. The molecule has 6 heteroatoms. The summed E-state index contributed by atoms with van der Waals surface area (Å²) >= 11 is 1.61. The van der Waals surface area contributed by atoms with E-state index < -0.39 is 0 Å². The van der Waals surface area contributed by atoms with Crippen LogP contribution in [0, 0.1) is 0 Å². The van der Waals surface area contributed by atoms with Crippen LogP contribution >= 0.6 is 11.3 Å². The van der Waals surface area contributed by atoms with E-state index in [0.29, 0.717) is 6.04 Å². The number of hydrogen-bond donors (Lipinski definition) is 1. The van der Waals surface area contributed by atoms with E-state index in [0.717, 1.165) is 23.8 Å². The summed E-state index contributed by atoms with van der Waals surface area (Å²) in [6.45, 7) is 1.11. The van der Waals surface area contributed by atoms with E-state index in [-0.39, 0.29) is 0 Å². The molecule has 0 amide bonds. The molecule has 2 aromatic rings. The lowest BCUT2D eigenvalue weighted by Crippen LogP contribution is -2.24. The van der Waals surface area contributed by atoms with Gasteiger partial charge in [0.1, 0.15) is 5.00 Å². The molecular weight excluding hydrogens is 222 g/mol. The molecule has 0 bridgehead atoms. The summed E-state index contributed by atoms with van der Waals surface area (Å²) in [6.07, 6.45) is 3.35. The lowest BCUT2D eigenvalue weighted by atomic mass is 10.1. The first-order valence-corrected chi connectivity index (χ1v) is 6.36. The molecule has 0 aromatic carbocycles. The van der Waals surface area contributed by atoms with Gasteiger partial charge in [-0.2, -0.15) is 0 Å². The molecule has 2 aromatic heterocycles. The van der Waals surface area contributed by atoms with E-state index >= 15 is 0 Å². The zero-order valence-electron chi connectivity index (χ0n) is 8.83. The third-order valence-corrected chi connectivity index (χ3v) is 3.58. The van der Waals surface area contributed by atoms with Gasteiger partial charge in [-0.3, -0.25) is 0 Å². The van der Waals surface area contributed by atoms with Gasteiger partial charge in [0.25, 0.3) is 0 Å². The maximum atomic E-state index is 4.38. The quantitative estimate of drug-likeness (QED) is 0.863. The van der Waals surface area contributed by atoms with Gasteiger partial charge in [-0.05, 0) is 42.1 Å². The van der Waals surface area contributed by atoms with Crippen LogP contribution in [-0.4, -0.2) is 32.8 Å². The van der Waals surface area contributed by atoms with E-state index in [4.69, 9.17) is 0 Å². The number of hydrogen-bond acceptors (Lipinski definition) is 5. The van der Waals surface area contributed by atoms with Crippen LogP contribution in [-0.2, 0) is 6.42 Å². The first-order valence-electron chi connectivity index (χ1n) is 5.48. The molecule has 1 fully saturated rings. The Morgan fingerprint density at radius 3 is 3.31 bits per heavy atom. The van der Waals surface area contributed by atoms with E-state index in [2.05, 4.69) is 20.7 Å². The van der Waals surface area contributed by atoms with Gasteiger partial charge in [-0.25, -0.2) is 0 Å². The van der Waals surface area contributed by atoms with Crippen LogP contribution in [0.3, 0.4) is 0 Å². The van der Waals surface area contributed by atoms with Crippen LogP contribution in [0.4, 0.5) is 0 Å². The van der Waals surface area contributed by atoms with Crippen molar-refractivity contribution in [3.05, 3.63) is 23.3 Å². The molecule has 1 aliphatic rings. The SMILES string of the molecule is c1csc(-n2nnc(CC3CCCN3)n2)c1. The molecular formula is C10H13N5S. The van der Waals surface area contributed by atoms with Gasteiger partial charge in [-0.15, -0.1) is 26.3 Å². The van der Waals surface area contributed by atoms with Gasteiger partial charge in [0.2, 0.25) is 0 Å². The highest BCUT2D eigenvalue weighted by Gasteiger charge is 2.17. The van der Waals surface area contributed by atoms with Crippen LogP contribution < -0.4 is 5.32 Å². The van der Waals surface area contributed by atoms with E-state index in [1.807, 2.05) is 17.5 Å². The topological polar surface area (TPSA) is 55.6 Å². The molecule has 0 aliphatic carbocycles. The molecule has 1 N–H and O–H groups in total. The number of thiophene rings is 1. The lowest BCUT2D eigenvalue weighted by Gasteiger charge is -2.04. The molecule has 3 rings (SSSR count). The molecule has 1 aliphatic heterocycles. The Morgan fingerprint density at radius 1 is 1.56 bits per heavy atom. The average Bonchev–Trinajstić information content (AvgIpc) is 2.99. The predicted molar refractivity (Wildman–Crippen MR) is 61.8 cm³/mol. The van der Waals surface area contributed by atoms with Gasteiger partial charge in [0.15, 0.2) is 5.82 Å². The zero-order chi connectivity index (χ0) is 10.8. The van der Waals surface area contributed by atoms with Gasteiger partial charge in [0, 0.05) is 12.5 Å². The minimum atomic E-state index is 0.529. The van der Waals surface area contributed by atoms with Crippen molar-refractivity contribution < 1.29 is 0 Å². The van der Waals surface area contributed by atoms with Gasteiger partial charge < -0.3 is 5.32 Å². The second-order valence-corrected chi connectivity index (χ2v) is 4.87. The monoisotopic (exact) mass is 235 g/mol. The highest BCUT2D eigenvalue weighted by atomic mass is 32.1. The molecule has 5 nitrogen and oxygen atoms in total. The minimum absolute atomic E-state index is 0.529. The van der Waals surface area contributed by atoms with Gasteiger partial charge in [-0.1, -0.05) is 0 Å². The summed E-state index contributed by atoms with van der Waals surface area (Å²) < 4.78 is 0. The maximum Gasteiger partial charge on any atom is 0.176 e. The summed E-state index contributed by atoms with van der Waals surface area (Å²) in [5, 5.41) is 19.0. The largest absolute Gasteiger partial charge is 0.314 e. The fraction of sp³-hybridized carbons (Fsp3) is 0.500. The molecule has 1 atom stereocenters. The van der Waals surface area contributed by atoms with E-state index in [1.165, 1.54) is 12.8 Å². The van der Waals surface area contributed by atoms with Crippen LogP contribution in [0.15, 0.2) is 17.5 Å². The Hall–Kier alpha value is -1.27. The van der Waals surface area contributed by atoms with E-state index in [1.54, 1.807) is 16.1 Å². The van der Waals surface area contributed by atoms with Crippen LogP contribution in [0.5, 0.6) is 0 Å². The second-order valence-electron chi connectivity index (χ2n) is 3.94. The van der Waals surface area contributed by atoms with Crippen molar-refractivity contribution in [2.75, 3.05) is 6.54 Å². The normalized spacial score (nSPS) is 20.4. The molecule has 1 unspecified atom stereocenters. The third kappa shape index (κ3) is 1.98. The Bertz CT molecular complexity index is 443. The number of rotatable bonds is 3. The van der Waals surface area contributed by atoms with Crippen LogP contribution in [0.2, 0.25) is 0 Å². The summed E-state index contributed by atoms with van der Waals surface area (Å²) in [5.41, 5.74) is 0. The van der Waals surface area contributed by atoms with Gasteiger partial charge >= 0.3 is 0 Å². The van der Waals surface area contributed by atoms with Gasteiger partial charge in [0.05, 0.1) is 0 Å². The molecule has 0 spiro atoms. The Labute approximate surface area is 97.5 Å². The minimum Gasteiger partial charge on any atom is -0.314 e. The standard InChI is InChI=1S/C10H13N5S/c1-3-8(11-5-1)7-9-12-14-15(13-9)10-4-2-6-16-10/h2,4,6,8,11H,1,3,5,7H2. The molecule has 3 heterocycles. The molecule has 1 saturated heterocycles. The van der Waals surface area contributed by atoms with Crippen LogP contribution in [0.1, 0.15) is 18.7 Å².